The number of nitrogens with zero attached hydrogens (tertiary/aromatic N) is 2. The Bertz CT molecular complexity index is 312. The number of quaternary nitrogens is 1. The number of amides is 1. The van der Waals surface area contributed by atoms with Gasteiger partial charge in [0, 0.05) is 25.9 Å². The summed E-state index contributed by atoms with van der Waals surface area (Å²) in [7, 11) is 0. The molecule has 0 radical (unpaired) electrons. The first-order chi connectivity index (χ1) is 8.76. The second-order valence-corrected chi connectivity index (χ2v) is 5.50. The van der Waals surface area contributed by atoms with E-state index in [0.29, 0.717) is 5.91 Å². The van der Waals surface area contributed by atoms with Gasteiger partial charge in [0.1, 0.15) is 19.6 Å². The summed E-state index contributed by atoms with van der Waals surface area (Å²) in [5.41, 5.74) is 3.48. The molecular weight excluding hydrogens is 262 g/mol. The predicted octanol–water partition coefficient (Wildman–Crippen LogP) is -1.35. The Labute approximate surface area is 122 Å². The quantitative estimate of drug-likeness (QED) is 0.464. The van der Waals surface area contributed by atoms with Gasteiger partial charge in [-0.3, -0.25) is 4.79 Å². The monoisotopic (exact) mass is 287 g/mol. The van der Waals surface area contributed by atoms with Crippen LogP contribution in [0, 0.1) is 0 Å². The minimum Gasteiger partial charge on any atom is -1.00 e. The molecule has 0 aromatic rings. The maximum Gasteiger partial charge on any atom is 0.222 e. The first kappa shape index (κ1) is 16.3. The van der Waals surface area contributed by atoms with Gasteiger partial charge >= 0.3 is 0 Å². The maximum absolute atomic E-state index is 11.5. The van der Waals surface area contributed by atoms with Crippen molar-refractivity contribution in [1.29, 1.82) is 0 Å². The highest BCUT2D eigenvalue weighted by molar-refractivity contribution is 5.77. The van der Waals surface area contributed by atoms with Crippen LogP contribution in [0.5, 0.6) is 0 Å². The molecule has 1 amide bonds. The van der Waals surface area contributed by atoms with Crippen molar-refractivity contribution in [3.8, 4) is 0 Å². The van der Waals surface area contributed by atoms with Crippen LogP contribution >= 0.6 is 0 Å². The third-order valence-corrected chi connectivity index (χ3v) is 4.01. The first-order valence-corrected chi connectivity index (χ1v) is 7.32. The van der Waals surface area contributed by atoms with E-state index in [1.807, 2.05) is 4.90 Å². The molecule has 0 aliphatic carbocycles. The zero-order chi connectivity index (χ0) is 12.8. The van der Waals surface area contributed by atoms with Crippen LogP contribution in [0.3, 0.4) is 0 Å². The van der Waals surface area contributed by atoms with Gasteiger partial charge in [0.25, 0.3) is 0 Å². The van der Waals surface area contributed by atoms with E-state index in [1.165, 1.54) is 25.9 Å². The molecule has 0 bridgehead atoms. The minimum absolute atomic E-state index is 0. The Morgan fingerprint density at radius 1 is 1.37 bits per heavy atom. The van der Waals surface area contributed by atoms with Gasteiger partial charge in [-0.15, -0.1) is 0 Å². The molecule has 0 spiro atoms. The topological polar surface area (TPSA) is 32.3 Å². The van der Waals surface area contributed by atoms with Crippen LogP contribution in [-0.2, 0) is 4.79 Å². The number of unbranched alkanes of at least 4 members (excludes halogenated alkanes) is 1. The summed E-state index contributed by atoms with van der Waals surface area (Å²) < 4.78 is 1.00. The summed E-state index contributed by atoms with van der Waals surface area (Å²) in [6.07, 6.45) is 9.66. The molecule has 4 nitrogen and oxygen atoms in total. The number of halogens is 1. The lowest BCUT2D eigenvalue weighted by molar-refractivity contribution is -0.954. The number of rotatable bonds is 7. The molecule has 2 heterocycles. The molecule has 0 aromatic heterocycles. The number of hydrogen-bond donors (Lipinski definition) is 1. The summed E-state index contributed by atoms with van der Waals surface area (Å²) >= 11 is 0. The zero-order valence-electron chi connectivity index (χ0n) is 11.9. The number of hydrogen-bond acceptors (Lipinski definition) is 2. The van der Waals surface area contributed by atoms with E-state index in [9.17, 15) is 4.79 Å². The lowest BCUT2D eigenvalue weighted by Gasteiger charge is -2.33. The molecule has 2 aliphatic rings. The highest BCUT2D eigenvalue weighted by Gasteiger charge is 2.27. The third-order valence-electron chi connectivity index (χ3n) is 4.01. The second kappa shape index (κ2) is 7.75. The standard InChI is InChI=1S/C14H26N3O.ClH/c1-2-11-17(13-6-8-15-17)12-4-3-9-16-10-5-7-14(16)18;/h6,8,15H,2-5,7,9-13H2,1H3;1H/q+1;/p-1. The minimum atomic E-state index is 0. The van der Waals surface area contributed by atoms with Gasteiger partial charge in [0.2, 0.25) is 5.91 Å². The van der Waals surface area contributed by atoms with Gasteiger partial charge in [-0.05, 0) is 25.3 Å². The zero-order valence-corrected chi connectivity index (χ0v) is 12.7. The molecule has 110 valence electrons. The van der Waals surface area contributed by atoms with Gasteiger partial charge < -0.3 is 17.3 Å². The summed E-state index contributed by atoms with van der Waals surface area (Å²) in [4.78, 5) is 13.5. The molecule has 5 heteroatoms. The summed E-state index contributed by atoms with van der Waals surface area (Å²) in [6, 6.07) is 0. The van der Waals surface area contributed by atoms with Crippen molar-refractivity contribution in [1.82, 2.24) is 10.3 Å². The Kier molecular flexibility index (Phi) is 6.66. The van der Waals surface area contributed by atoms with Crippen LogP contribution in [0.4, 0.5) is 0 Å². The van der Waals surface area contributed by atoms with Gasteiger partial charge in [0.05, 0.1) is 6.20 Å². The van der Waals surface area contributed by atoms with Crippen LogP contribution in [0.2, 0.25) is 0 Å². The lowest BCUT2D eigenvalue weighted by atomic mass is 10.2. The second-order valence-electron chi connectivity index (χ2n) is 5.50. The molecule has 0 aromatic carbocycles. The lowest BCUT2D eigenvalue weighted by Crippen LogP contribution is -3.00. The van der Waals surface area contributed by atoms with Gasteiger partial charge in [0.15, 0.2) is 0 Å². The van der Waals surface area contributed by atoms with Crippen LogP contribution in [0.1, 0.15) is 39.0 Å². The van der Waals surface area contributed by atoms with Crippen molar-refractivity contribution in [2.45, 2.75) is 39.0 Å². The van der Waals surface area contributed by atoms with Crippen molar-refractivity contribution in [2.24, 2.45) is 0 Å². The van der Waals surface area contributed by atoms with E-state index in [2.05, 4.69) is 24.6 Å². The first-order valence-electron chi connectivity index (χ1n) is 7.32. The Morgan fingerprint density at radius 3 is 2.79 bits per heavy atom. The van der Waals surface area contributed by atoms with Crippen molar-refractivity contribution in [2.75, 3.05) is 32.7 Å². The third kappa shape index (κ3) is 4.39. The van der Waals surface area contributed by atoms with Crippen LogP contribution < -0.4 is 17.8 Å². The molecule has 1 atom stereocenters. The molecule has 0 saturated carbocycles. The van der Waals surface area contributed by atoms with Gasteiger partial charge in [-0.1, -0.05) is 6.92 Å². The molecule has 1 saturated heterocycles. The molecule has 1 unspecified atom stereocenters. The Morgan fingerprint density at radius 2 is 2.21 bits per heavy atom. The summed E-state index contributed by atoms with van der Waals surface area (Å²) in [6.45, 7) is 7.64. The fourth-order valence-electron chi connectivity index (χ4n) is 3.03. The summed E-state index contributed by atoms with van der Waals surface area (Å²) in [5.74, 6) is 0.355. The van der Waals surface area contributed by atoms with Crippen molar-refractivity contribution < 1.29 is 21.8 Å². The summed E-state index contributed by atoms with van der Waals surface area (Å²) in [5, 5.41) is 0. The average molecular weight is 288 g/mol. The van der Waals surface area contributed by atoms with E-state index in [0.717, 1.165) is 43.5 Å². The van der Waals surface area contributed by atoms with Crippen molar-refractivity contribution in [3.05, 3.63) is 12.3 Å². The molecule has 19 heavy (non-hydrogen) atoms. The fourth-order valence-corrected chi connectivity index (χ4v) is 3.03. The van der Waals surface area contributed by atoms with E-state index in [4.69, 9.17) is 0 Å². The largest absolute Gasteiger partial charge is 1.00 e. The van der Waals surface area contributed by atoms with Crippen LogP contribution in [0.15, 0.2) is 12.3 Å². The smallest absolute Gasteiger partial charge is 0.222 e. The molecular formula is C14H26ClN3O. The van der Waals surface area contributed by atoms with Crippen LogP contribution in [-0.4, -0.2) is 48.1 Å². The molecule has 1 fully saturated rings. The Balaban J connectivity index is 0.00000180. The number of carbonyl (C=O) groups excluding carboxylic acids is 1. The number of nitrogens with one attached hydrogen (secondary N) is 1. The van der Waals surface area contributed by atoms with Crippen molar-refractivity contribution >= 4 is 5.91 Å². The molecule has 1 N–H and O–H groups in total. The van der Waals surface area contributed by atoms with Crippen LogP contribution in [0.25, 0.3) is 0 Å². The highest BCUT2D eigenvalue weighted by atomic mass is 35.5. The number of carbonyl (C=O) groups is 1. The van der Waals surface area contributed by atoms with Crippen molar-refractivity contribution in [3.63, 3.8) is 0 Å². The van der Waals surface area contributed by atoms with E-state index < -0.39 is 0 Å². The van der Waals surface area contributed by atoms with Gasteiger partial charge in [-0.25, -0.2) is 10.0 Å². The molecule has 2 rings (SSSR count). The highest BCUT2D eigenvalue weighted by Crippen LogP contribution is 2.14. The van der Waals surface area contributed by atoms with E-state index in [1.54, 1.807) is 0 Å². The van der Waals surface area contributed by atoms with E-state index >= 15 is 0 Å². The maximum atomic E-state index is 11.5. The fraction of sp³-hybridized carbons (Fsp3) is 0.786. The molecule has 2 aliphatic heterocycles. The number of likely N-dealkylation sites (tertiary alicyclic amines) is 1. The normalized spacial score (nSPS) is 25.5. The average Bonchev–Trinajstić information content (AvgIpc) is 2.96. The Hall–Kier alpha value is -0.740. The predicted molar refractivity (Wildman–Crippen MR) is 72.5 cm³/mol. The van der Waals surface area contributed by atoms with E-state index in [-0.39, 0.29) is 12.4 Å². The SMILES string of the molecule is CCC[N+]1(CCCCN2CCCC2=O)CC=CN1.[Cl-]. The van der Waals surface area contributed by atoms with Gasteiger partial charge in [-0.2, -0.15) is 0 Å².